The quantitative estimate of drug-likeness (QED) is 0.819. The number of nitrogens with one attached hydrogen (secondary N) is 2. The van der Waals surface area contributed by atoms with Crippen LogP contribution in [0.1, 0.15) is 31.3 Å². The van der Waals surface area contributed by atoms with Crippen LogP contribution in [0.2, 0.25) is 0 Å². The van der Waals surface area contributed by atoms with E-state index in [0.717, 1.165) is 11.3 Å². The Morgan fingerprint density at radius 1 is 0.960 bits per heavy atom. The average Bonchev–Trinajstić information content (AvgIpc) is 2.58. The maximum absolute atomic E-state index is 12.2. The average molecular weight is 341 g/mol. The molecule has 0 bridgehead atoms. The lowest BCUT2D eigenvalue weighted by Crippen LogP contribution is -2.38. The second-order valence-electron chi connectivity index (χ2n) is 6.46. The van der Waals surface area contributed by atoms with Crippen LogP contribution in [-0.2, 0) is 4.74 Å². The predicted molar refractivity (Wildman–Crippen MR) is 96.2 cm³/mol. The van der Waals surface area contributed by atoms with Gasteiger partial charge in [0, 0.05) is 18.7 Å². The monoisotopic (exact) mass is 341 g/mol. The van der Waals surface area contributed by atoms with Gasteiger partial charge in [-0.25, -0.2) is 9.78 Å². The van der Waals surface area contributed by atoms with E-state index in [4.69, 9.17) is 4.74 Å². The summed E-state index contributed by atoms with van der Waals surface area (Å²) < 4.78 is 5.12. The summed E-state index contributed by atoms with van der Waals surface area (Å²) in [5, 5.41) is 5.31. The summed E-state index contributed by atoms with van der Waals surface area (Å²) >= 11 is 0. The Morgan fingerprint density at radius 2 is 1.64 bits per heavy atom. The van der Waals surface area contributed by atoms with Crippen molar-refractivity contribution >= 4 is 12.0 Å². The van der Waals surface area contributed by atoms with Crippen molar-refractivity contribution in [2.75, 3.05) is 13.1 Å². The molecule has 0 fully saturated rings. The maximum atomic E-state index is 12.2. The van der Waals surface area contributed by atoms with Crippen LogP contribution in [0.25, 0.3) is 11.3 Å². The van der Waals surface area contributed by atoms with Crippen molar-refractivity contribution in [1.29, 1.82) is 0 Å². The van der Waals surface area contributed by atoms with Gasteiger partial charge in [-0.2, -0.15) is 0 Å². The first kappa shape index (κ1) is 18.4. The smallest absolute Gasteiger partial charge is 0.407 e. The van der Waals surface area contributed by atoms with Crippen LogP contribution in [-0.4, -0.2) is 35.7 Å². The molecule has 0 atom stereocenters. The molecule has 1 aromatic carbocycles. The molecule has 2 N–H and O–H groups in total. The summed E-state index contributed by atoms with van der Waals surface area (Å²) in [4.78, 5) is 28.1. The van der Waals surface area contributed by atoms with E-state index in [1.165, 1.54) is 0 Å². The normalized spacial score (nSPS) is 10.8. The second kappa shape index (κ2) is 8.28. The first-order valence-electron chi connectivity index (χ1n) is 8.13. The highest BCUT2D eigenvalue weighted by molar-refractivity contribution is 5.92. The number of ether oxygens (including phenoxy) is 1. The van der Waals surface area contributed by atoms with E-state index in [1.54, 1.807) is 32.9 Å². The van der Waals surface area contributed by atoms with E-state index in [0.29, 0.717) is 5.69 Å². The highest BCUT2D eigenvalue weighted by atomic mass is 16.6. The van der Waals surface area contributed by atoms with E-state index >= 15 is 0 Å². The first-order chi connectivity index (χ1) is 11.8. The minimum Gasteiger partial charge on any atom is -0.444 e. The third-order valence-electron chi connectivity index (χ3n) is 3.13. The fraction of sp³-hybridized carbons (Fsp3) is 0.316. The molecule has 0 unspecified atom stereocenters. The number of carbonyl (C=O) groups excluding carboxylic acids is 2. The molecule has 2 amide bonds. The predicted octanol–water partition coefficient (Wildman–Crippen LogP) is 3.00. The van der Waals surface area contributed by atoms with Crippen LogP contribution in [0.15, 0.2) is 48.5 Å². The SMILES string of the molecule is CC(C)(C)OC(=O)NCCNC(=O)c1cccc(-c2ccccc2)n1. The van der Waals surface area contributed by atoms with Crippen molar-refractivity contribution in [2.45, 2.75) is 26.4 Å². The Bertz CT molecular complexity index is 724. The summed E-state index contributed by atoms with van der Waals surface area (Å²) in [6.07, 6.45) is -0.508. The molecule has 0 aliphatic heterocycles. The number of nitrogens with zero attached hydrogens (tertiary/aromatic N) is 1. The highest BCUT2D eigenvalue weighted by Crippen LogP contribution is 2.16. The summed E-state index contributed by atoms with van der Waals surface area (Å²) in [7, 11) is 0. The van der Waals surface area contributed by atoms with Gasteiger partial charge in [0.1, 0.15) is 11.3 Å². The van der Waals surface area contributed by atoms with Gasteiger partial charge >= 0.3 is 6.09 Å². The number of hydrogen-bond donors (Lipinski definition) is 2. The molecule has 0 saturated carbocycles. The molecule has 0 radical (unpaired) electrons. The van der Waals surface area contributed by atoms with Gasteiger partial charge < -0.3 is 15.4 Å². The van der Waals surface area contributed by atoms with Gasteiger partial charge in [-0.1, -0.05) is 36.4 Å². The standard InChI is InChI=1S/C19H23N3O3/c1-19(2,3)25-18(24)21-13-12-20-17(23)16-11-7-10-15(22-16)14-8-5-4-6-9-14/h4-11H,12-13H2,1-3H3,(H,20,23)(H,21,24). The van der Waals surface area contributed by atoms with Gasteiger partial charge in [-0.15, -0.1) is 0 Å². The van der Waals surface area contributed by atoms with E-state index in [-0.39, 0.29) is 19.0 Å². The number of alkyl carbamates (subject to hydrolysis) is 1. The maximum Gasteiger partial charge on any atom is 0.407 e. The summed E-state index contributed by atoms with van der Waals surface area (Å²) in [5.74, 6) is -0.288. The zero-order valence-corrected chi connectivity index (χ0v) is 14.7. The Morgan fingerprint density at radius 3 is 2.32 bits per heavy atom. The van der Waals surface area contributed by atoms with Crippen LogP contribution in [0, 0.1) is 0 Å². The fourth-order valence-corrected chi connectivity index (χ4v) is 2.08. The van der Waals surface area contributed by atoms with E-state index in [2.05, 4.69) is 15.6 Å². The molecule has 0 aliphatic carbocycles. The van der Waals surface area contributed by atoms with Crippen LogP contribution in [0.3, 0.4) is 0 Å². The van der Waals surface area contributed by atoms with Crippen molar-refractivity contribution in [3.63, 3.8) is 0 Å². The van der Waals surface area contributed by atoms with Gasteiger partial charge in [0.2, 0.25) is 0 Å². The number of aromatic nitrogens is 1. The molecule has 6 heteroatoms. The van der Waals surface area contributed by atoms with Crippen LogP contribution >= 0.6 is 0 Å². The van der Waals surface area contributed by atoms with Gasteiger partial charge in [-0.05, 0) is 32.9 Å². The summed E-state index contributed by atoms with van der Waals surface area (Å²) in [5.41, 5.74) is 1.47. The van der Waals surface area contributed by atoms with E-state index in [9.17, 15) is 9.59 Å². The molecular weight excluding hydrogens is 318 g/mol. The van der Waals surface area contributed by atoms with Crippen molar-refractivity contribution < 1.29 is 14.3 Å². The molecule has 1 heterocycles. The molecule has 0 spiro atoms. The van der Waals surface area contributed by atoms with Crippen LogP contribution < -0.4 is 10.6 Å². The Hall–Kier alpha value is -2.89. The highest BCUT2D eigenvalue weighted by Gasteiger charge is 2.15. The first-order valence-corrected chi connectivity index (χ1v) is 8.13. The Labute approximate surface area is 147 Å². The minimum absolute atomic E-state index is 0.277. The van der Waals surface area contributed by atoms with Crippen LogP contribution in [0.4, 0.5) is 4.79 Å². The molecule has 6 nitrogen and oxygen atoms in total. The molecule has 132 valence electrons. The largest absolute Gasteiger partial charge is 0.444 e. The van der Waals surface area contributed by atoms with E-state index < -0.39 is 11.7 Å². The number of amides is 2. The number of rotatable bonds is 5. The van der Waals surface area contributed by atoms with Crippen molar-refractivity contribution in [3.8, 4) is 11.3 Å². The van der Waals surface area contributed by atoms with Gasteiger partial charge in [-0.3, -0.25) is 4.79 Å². The molecule has 25 heavy (non-hydrogen) atoms. The Balaban J connectivity index is 1.84. The van der Waals surface area contributed by atoms with Crippen molar-refractivity contribution in [2.24, 2.45) is 0 Å². The number of pyridine rings is 1. The van der Waals surface area contributed by atoms with Crippen LogP contribution in [0.5, 0.6) is 0 Å². The van der Waals surface area contributed by atoms with Crippen molar-refractivity contribution in [3.05, 3.63) is 54.2 Å². The van der Waals surface area contributed by atoms with Crippen molar-refractivity contribution in [1.82, 2.24) is 15.6 Å². The zero-order chi connectivity index (χ0) is 18.3. The molecule has 0 saturated heterocycles. The molecular formula is C19H23N3O3. The Kier molecular flexibility index (Phi) is 6.11. The summed E-state index contributed by atoms with van der Waals surface area (Å²) in [6.45, 7) is 5.94. The molecule has 0 aliphatic rings. The third-order valence-corrected chi connectivity index (χ3v) is 3.13. The number of benzene rings is 1. The minimum atomic E-state index is -0.546. The fourth-order valence-electron chi connectivity index (χ4n) is 2.08. The third kappa shape index (κ3) is 6.25. The molecule has 2 rings (SSSR count). The molecule has 1 aromatic heterocycles. The van der Waals surface area contributed by atoms with Gasteiger partial charge in [0.05, 0.1) is 5.69 Å². The topological polar surface area (TPSA) is 80.3 Å². The summed E-state index contributed by atoms with van der Waals surface area (Å²) in [6, 6.07) is 15.0. The number of carbonyl (C=O) groups is 2. The van der Waals surface area contributed by atoms with Gasteiger partial charge in [0.25, 0.3) is 5.91 Å². The lowest BCUT2D eigenvalue weighted by molar-refractivity contribution is 0.0526. The zero-order valence-electron chi connectivity index (χ0n) is 14.7. The lowest BCUT2D eigenvalue weighted by Gasteiger charge is -2.19. The number of hydrogen-bond acceptors (Lipinski definition) is 4. The van der Waals surface area contributed by atoms with Gasteiger partial charge in [0.15, 0.2) is 0 Å². The molecule has 2 aromatic rings. The van der Waals surface area contributed by atoms with E-state index in [1.807, 2.05) is 36.4 Å². The lowest BCUT2D eigenvalue weighted by atomic mass is 10.1. The second-order valence-corrected chi connectivity index (χ2v) is 6.46.